The predicted octanol–water partition coefficient (Wildman–Crippen LogP) is 7.18. The molecule has 5 rings (SSSR count). The first-order chi connectivity index (χ1) is 19.2. The Morgan fingerprint density at radius 2 is 1.71 bits per heavy atom. The number of alkyl halides is 2. The fourth-order valence-corrected chi connectivity index (χ4v) is 11.2. The van der Waals surface area contributed by atoms with E-state index in [1.54, 1.807) is 0 Å². The maximum absolute atomic E-state index is 14.6. The third-order valence-corrected chi connectivity index (χ3v) is 13.7. The van der Waals surface area contributed by atoms with Crippen molar-refractivity contribution in [3.63, 3.8) is 0 Å². The van der Waals surface area contributed by atoms with E-state index in [1.807, 2.05) is 26.0 Å². The highest BCUT2D eigenvalue weighted by molar-refractivity contribution is 6.04. The number of nitriles is 1. The van der Waals surface area contributed by atoms with Crippen molar-refractivity contribution in [2.24, 2.45) is 56.7 Å². The molecule has 0 aromatic heterocycles. The molecule has 0 radical (unpaired) electrons. The normalized spacial score (nSPS) is 44.4. The van der Waals surface area contributed by atoms with Crippen LogP contribution in [0.3, 0.4) is 0 Å². The Morgan fingerprint density at radius 1 is 1.07 bits per heavy atom. The van der Waals surface area contributed by atoms with Gasteiger partial charge in [0.05, 0.1) is 5.57 Å². The number of hydrogen-bond donors (Lipinski definition) is 0. The lowest BCUT2D eigenvalue weighted by Gasteiger charge is -2.70. The number of fused-ring (bicyclic) bond motifs is 7. The minimum absolute atomic E-state index is 0.0199. The van der Waals surface area contributed by atoms with E-state index >= 15 is 0 Å². The third-order valence-electron chi connectivity index (χ3n) is 13.7. The number of amides is 1. The lowest BCUT2D eigenvalue weighted by Crippen LogP contribution is -2.66. The van der Waals surface area contributed by atoms with Crippen molar-refractivity contribution in [3.05, 3.63) is 23.3 Å². The molecule has 0 aliphatic heterocycles. The number of ketones is 2. The van der Waals surface area contributed by atoms with Gasteiger partial charge in [0.25, 0.3) is 5.91 Å². The van der Waals surface area contributed by atoms with Gasteiger partial charge in [0.1, 0.15) is 6.07 Å². The van der Waals surface area contributed by atoms with Crippen LogP contribution in [0.1, 0.15) is 93.9 Å². The molecule has 0 saturated heterocycles. The number of nitrogens with zero attached hydrogens (tertiary/aromatic N) is 2. The minimum Gasteiger partial charge on any atom is -0.340 e. The molecular weight excluding hydrogens is 534 g/mol. The van der Waals surface area contributed by atoms with Crippen LogP contribution in [0.15, 0.2) is 23.3 Å². The molecule has 3 saturated carbocycles. The van der Waals surface area contributed by atoms with Gasteiger partial charge in [-0.3, -0.25) is 14.4 Å². The van der Waals surface area contributed by atoms with Crippen molar-refractivity contribution < 1.29 is 23.2 Å². The summed E-state index contributed by atoms with van der Waals surface area (Å²) in [6, 6.07) is 2.16. The first-order valence-electron chi connectivity index (χ1n) is 15.8. The molecule has 0 aromatic carbocycles. The van der Waals surface area contributed by atoms with Gasteiger partial charge in [0.15, 0.2) is 11.6 Å². The third kappa shape index (κ3) is 3.91. The molecular formula is C35H48F2N2O3. The molecule has 0 unspecified atom stereocenters. The van der Waals surface area contributed by atoms with E-state index in [1.165, 1.54) is 11.9 Å². The average molecular weight is 583 g/mol. The smallest absolute Gasteiger partial charge is 0.322 e. The number of carbonyl (C=O) groups excluding carboxylic acids is 3. The Bertz CT molecular complexity index is 1340. The van der Waals surface area contributed by atoms with Crippen molar-refractivity contribution in [2.75, 3.05) is 13.6 Å². The van der Waals surface area contributed by atoms with Gasteiger partial charge in [0, 0.05) is 37.3 Å². The lowest BCUT2D eigenvalue weighted by atomic mass is 9.34. The second-order valence-corrected chi connectivity index (χ2v) is 16.1. The molecule has 7 heteroatoms. The van der Waals surface area contributed by atoms with Crippen LogP contribution in [0.4, 0.5) is 8.78 Å². The van der Waals surface area contributed by atoms with Crippen molar-refractivity contribution in [1.82, 2.24) is 4.90 Å². The summed E-state index contributed by atoms with van der Waals surface area (Å²) in [5.74, 6) is -4.42. The van der Waals surface area contributed by atoms with Crippen molar-refractivity contribution in [3.8, 4) is 6.07 Å². The van der Waals surface area contributed by atoms with E-state index in [0.717, 1.165) is 44.1 Å². The Hall–Kier alpha value is -2.36. The summed E-state index contributed by atoms with van der Waals surface area (Å²) >= 11 is 0. The van der Waals surface area contributed by atoms with Crippen LogP contribution in [0.25, 0.3) is 0 Å². The number of carbonyl (C=O) groups is 3. The molecule has 230 valence electrons. The van der Waals surface area contributed by atoms with Gasteiger partial charge in [-0.15, -0.1) is 0 Å². The lowest BCUT2D eigenvalue weighted by molar-refractivity contribution is -0.183. The highest BCUT2D eigenvalue weighted by Crippen LogP contribution is 2.74. The monoisotopic (exact) mass is 582 g/mol. The van der Waals surface area contributed by atoms with Crippen LogP contribution in [0.5, 0.6) is 0 Å². The molecule has 0 aromatic rings. The molecule has 9 atom stereocenters. The van der Waals surface area contributed by atoms with Crippen LogP contribution >= 0.6 is 0 Å². The first kappa shape index (κ1) is 31.1. The van der Waals surface area contributed by atoms with E-state index in [4.69, 9.17) is 0 Å². The van der Waals surface area contributed by atoms with Crippen molar-refractivity contribution in [2.45, 2.75) is 99.8 Å². The molecule has 0 N–H and O–H groups in total. The average Bonchev–Trinajstić information content (AvgIpc) is 2.89. The van der Waals surface area contributed by atoms with Crippen LogP contribution < -0.4 is 0 Å². The van der Waals surface area contributed by atoms with Crippen LogP contribution in [0, 0.1) is 68.0 Å². The van der Waals surface area contributed by atoms with Crippen LogP contribution in [-0.4, -0.2) is 41.9 Å². The zero-order chi connectivity index (χ0) is 31.4. The van der Waals surface area contributed by atoms with E-state index in [-0.39, 0.29) is 58.2 Å². The highest BCUT2D eigenvalue weighted by atomic mass is 19.3. The quantitative estimate of drug-likeness (QED) is 0.353. The zero-order valence-electron chi connectivity index (χ0n) is 26.9. The summed E-state index contributed by atoms with van der Waals surface area (Å²) in [6.07, 6.45) is 8.68. The summed E-state index contributed by atoms with van der Waals surface area (Å²) in [4.78, 5) is 41.8. The zero-order valence-corrected chi connectivity index (χ0v) is 26.9. The van der Waals surface area contributed by atoms with E-state index in [9.17, 15) is 28.4 Å². The van der Waals surface area contributed by atoms with Gasteiger partial charge in [0.2, 0.25) is 0 Å². The fraction of sp³-hybridized carbons (Fsp3) is 0.771. The molecule has 42 heavy (non-hydrogen) atoms. The van der Waals surface area contributed by atoms with Gasteiger partial charge in [-0.1, -0.05) is 60.1 Å². The fourth-order valence-electron chi connectivity index (χ4n) is 11.2. The molecule has 0 heterocycles. The SMILES string of the molecule is C[C@@H]1[C@H]2[C@H]3C(=O)C=C4[C@@]5(C)C=C(C#N)C(=O)C(C)(C)[C@@H]5CC[C@@]4(C)[C@]3(C)CC[C@@]2(CN(C)C(=O)C(C)(F)F)CC[C@H]1C. The molecule has 0 bridgehead atoms. The topological polar surface area (TPSA) is 78.2 Å². The highest BCUT2D eigenvalue weighted by Gasteiger charge is 2.70. The van der Waals surface area contributed by atoms with E-state index in [2.05, 4.69) is 40.7 Å². The molecule has 3 fully saturated rings. The summed E-state index contributed by atoms with van der Waals surface area (Å²) in [5.41, 5.74) is -1.21. The number of Topliss-reactive ketones (excluding diaryl/α,β-unsaturated/α-hetero) is 1. The number of allylic oxidation sites excluding steroid dienone is 4. The summed E-state index contributed by atoms with van der Waals surface area (Å²) < 4.78 is 28.2. The molecule has 1 amide bonds. The molecule has 5 nitrogen and oxygen atoms in total. The summed E-state index contributed by atoms with van der Waals surface area (Å²) in [7, 11) is 1.48. The second-order valence-electron chi connectivity index (χ2n) is 16.1. The number of hydrogen-bond acceptors (Lipinski definition) is 4. The number of halogens is 2. The number of rotatable bonds is 3. The van der Waals surface area contributed by atoms with Gasteiger partial charge < -0.3 is 4.90 Å². The summed E-state index contributed by atoms with van der Waals surface area (Å²) in [6.45, 7) is 15.9. The van der Waals surface area contributed by atoms with E-state index in [0.29, 0.717) is 12.8 Å². The standard InChI is InChI=1S/C35H48F2N2O3/c1-20-10-13-35(19-39(9)29(42)34(8,36)37)15-14-33(7)27(26(35)21(20)2)23(40)16-25-31(5)17-22(18-38)28(41)30(3,4)24(31)11-12-32(25,33)6/h16-17,20-21,24,26-27H,10-15,19H2,1-9H3/t20-,21+,24+,26+,27-,31+,32-,33-,35-/m1/s1. The van der Waals surface area contributed by atoms with Gasteiger partial charge >= 0.3 is 5.92 Å². The van der Waals surface area contributed by atoms with Crippen molar-refractivity contribution in [1.29, 1.82) is 5.26 Å². The summed E-state index contributed by atoms with van der Waals surface area (Å²) in [5, 5.41) is 9.92. The largest absolute Gasteiger partial charge is 0.340 e. The van der Waals surface area contributed by atoms with Crippen LogP contribution in [-0.2, 0) is 14.4 Å². The molecule has 5 aliphatic carbocycles. The van der Waals surface area contributed by atoms with Gasteiger partial charge in [-0.2, -0.15) is 14.0 Å². The predicted molar refractivity (Wildman–Crippen MR) is 157 cm³/mol. The maximum atomic E-state index is 14.6. The Labute approximate surface area is 250 Å². The second kappa shape index (κ2) is 9.32. The minimum atomic E-state index is -3.44. The van der Waals surface area contributed by atoms with Crippen molar-refractivity contribution >= 4 is 17.5 Å². The Morgan fingerprint density at radius 3 is 2.31 bits per heavy atom. The van der Waals surface area contributed by atoms with Gasteiger partial charge in [-0.05, 0) is 84.5 Å². The maximum Gasteiger partial charge on any atom is 0.322 e. The molecule has 5 aliphatic rings. The van der Waals surface area contributed by atoms with Crippen LogP contribution in [0.2, 0.25) is 0 Å². The molecule has 0 spiro atoms. The Balaban J connectivity index is 1.65. The van der Waals surface area contributed by atoms with Gasteiger partial charge in [-0.25, -0.2) is 0 Å². The first-order valence-corrected chi connectivity index (χ1v) is 15.8. The Kier molecular flexibility index (Phi) is 6.90. The van der Waals surface area contributed by atoms with E-state index < -0.39 is 28.1 Å².